The number of nitrogens with one attached hydrogen (secondary N) is 1. The number of fused-ring (bicyclic) bond motifs is 3. The normalized spacial score (nSPS) is 15.5. The molecule has 1 aliphatic heterocycles. The predicted octanol–water partition coefficient (Wildman–Crippen LogP) is 3.01. The van der Waals surface area contributed by atoms with Gasteiger partial charge in [-0.25, -0.2) is 0 Å². The molecule has 142 valence electrons. The molecule has 0 atom stereocenters. The van der Waals surface area contributed by atoms with Gasteiger partial charge in [0.2, 0.25) is 0 Å². The summed E-state index contributed by atoms with van der Waals surface area (Å²) >= 11 is 0. The molecule has 1 aliphatic rings. The minimum Gasteiger partial charge on any atom is -0.379 e. The Morgan fingerprint density at radius 2 is 1.82 bits per heavy atom. The lowest BCUT2D eigenvalue weighted by molar-refractivity contribution is 0.0337. The highest BCUT2D eigenvalue weighted by molar-refractivity contribution is 6.08. The number of aryl methyl sites for hydroxylation is 1. The van der Waals surface area contributed by atoms with Crippen molar-refractivity contribution in [2.45, 2.75) is 13.5 Å². The number of para-hydroxylation sites is 1. The smallest absolute Gasteiger partial charge is 0.295 e. The SMILES string of the molecule is Cc1ccc(-n2nc(CN3CCOCC3)c3c([nH]c4ccccc43)c2=O)cc1. The molecule has 1 N–H and O–H groups in total. The highest BCUT2D eigenvalue weighted by Crippen LogP contribution is 2.26. The summed E-state index contributed by atoms with van der Waals surface area (Å²) in [5.41, 5.74) is 4.29. The first-order valence-electron chi connectivity index (χ1n) is 9.60. The second kappa shape index (κ2) is 6.89. The van der Waals surface area contributed by atoms with Gasteiger partial charge in [0.05, 0.1) is 24.6 Å². The summed E-state index contributed by atoms with van der Waals surface area (Å²) in [6.45, 7) is 5.92. The Labute approximate surface area is 162 Å². The van der Waals surface area contributed by atoms with Crippen LogP contribution >= 0.6 is 0 Å². The van der Waals surface area contributed by atoms with Crippen LogP contribution in [-0.4, -0.2) is 46.0 Å². The van der Waals surface area contributed by atoms with Gasteiger partial charge in [-0.15, -0.1) is 0 Å². The van der Waals surface area contributed by atoms with Crippen LogP contribution in [0.2, 0.25) is 0 Å². The van der Waals surface area contributed by atoms with Gasteiger partial charge in [0.1, 0.15) is 5.52 Å². The summed E-state index contributed by atoms with van der Waals surface area (Å²) in [5.74, 6) is 0. The number of H-pyrrole nitrogens is 1. The molecule has 0 unspecified atom stereocenters. The number of rotatable bonds is 3. The lowest BCUT2D eigenvalue weighted by atomic mass is 10.1. The number of hydrogen-bond donors (Lipinski definition) is 1. The van der Waals surface area contributed by atoms with E-state index in [-0.39, 0.29) is 5.56 Å². The molecular weight excluding hydrogens is 352 g/mol. The molecule has 0 aliphatic carbocycles. The Balaban J connectivity index is 1.75. The van der Waals surface area contributed by atoms with Crippen molar-refractivity contribution < 1.29 is 4.74 Å². The van der Waals surface area contributed by atoms with Gasteiger partial charge in [-0.1, -0.05) is 35.9 Å². The van der Waals surface area contributed by atoms with E-state index in [4.69, 9.17) is 9.84 Å². The van der Waals surface area contributed by atoms with E-state index < -0.39 is 0 Å². The molecule has 0 spiro atoms. The third-order valence-corrected chi connectivity index (χ3v) is 5.38. The standard InChI is InChI=1S/C22H22N4O2/c1-15-6-8-16(9-7-15)26-22(27)21-20(17-4-2-3-5-18(17)23-21)19(24-26)14-25-10-12-28-13-11-25/h2-9,23H,10-14H2,1H3. The highest BCUT2D eigenvalue weighted by atomic mass is 16.5. The average molecular weight is 374 g/mol. The highest BCUT2D eigenvalue weighted by Gasteiger charge is 2.20. The minimum absolute atomic E-state index is 0.124. The molecule has 0 saturated carbocycles. The van der Waals surface area contributed by atoms with Crippen molar-refractivity contribution in [1.29, 1.82) is 0 Å². The maximum atomic E-state index is 13.3. The molecule has 5 rings (SSSR count). The number of nitrogens with zero attached hydrogens (tertiary/aromatic N) is 3. The molecule has 2 aromatic carbocycles. The molecule has 4 aromatic rings. The lowest BCUT2D eigenvalue weighted by Crippen LogP contribution is -2.36. The maximum absolute atomic E-state index is 13.3. The zero-order chi connectivity index (χ0) is 19.1. The van der Waals surface area contributed by atoms with Crippen LogP contribution in [-0.2, 0) is 11.3 Å². The van der Waals surface area contributed by atoms with Gasteiger partial charge in [-0.2, -0.15) is 9.78 Å². The van der Waals surface area contributed by atoms with Crippen LogP contribution in [0.1, 0.15) is 11.3 Å². The Morgan fingerprint density at radius 3 is 2.61 bits per heavy atom. The van der Waals surface area contributed by atoms with Gasteiger partial charge in [-0.05, 0) is 25.1 Å². The second-order valence-corrected chi connectivity index (χ2v) is 7.31. The van der Waals surface area contributed by atoms with Crippen LogP contribution < -0.4 is 5.56 Å². The van der Waals surface area contributed by atoms with Crippen LogP contribution in [0, 0.1) is 6.92 Å². The largest absolute Gasteiger partial charge is 0.379 e. The van der Waals surface area contributed by atoms with E-state index in [9.17, 15) is 4.79 Å². The van der Waals surface area contributed by atoms with Gasteiger partial charge in [0, 0.05) is 35.9 Å². The number of aromatic amines is 1. The van der Waals surface area contributed by atoms with E-state index in [0.717, 1.165) is 59.5 Å². The average Bonchev–Trinajstić information content (AvgIpc) is 3.12. The van der Waals surface area contributed by atoms with E-state index in [1.54, 1.807) is 0 Å². The molecule has 1 saturated heterocycles. The predicted molar refractivity (Wildman–Crippen MR) is 110 cm³/mol. The molecule has 1 fully saturated rings. The Bertz CT molecular complexity index is 1200. The molecule has 0 amide bonds. The van der Waals surface area contributed by atoms with E-state index in [2.05, 4.69) is 9.88 Å². The van der Waals surface area contributed by atoms with Crippen molar-refractivity contribution in [2.75, 3.05) is 26.3 Å². The first-order chi connectivity index (χ1) is 13.7. The number of aromatic nitrogens is 3. The first-order valence-corrected chi connectivity index (χ1v) is 9.60. The molecular formula is C22H22N4O2. The fraction of sp³-hybridized carbons (Fsp3) is 0.273. The van der Waals surface area contributed by atoms with E-state index >= 15 is 0 Å². The van der Waals surface area contributed by atoms with E-state index in [1.807, 2.05) is 55.5 Å². The molecule has 28 heavy (non-hydrogen) atoms. The van der Waals surface area contributed by atoms with Crippen LogP contribution in [0.5, 0.6) is 0 Å². The van der Waals surface area contributed by atoms with Crippen molar-refractivity contribution in [3.8, 4) is 5.69 Å². The Hall–Kier alpha value is -2.96. The number of hydrogen-bond acceptors (Lipinski definition) is 4. The molecule has 0 radical (unpaired) electrons. The van der Waals surface area contributed by atoms with Crippen molar-refractivity contribution in [3.63, 3.8) is 0 Å². The van der Waals surface area contributed by atoms with Crippen molar-refractivity contribution in [2.24, 2.45) is 0 Å². The number of ether oxygens (including phenoxy) is 1. The quantitative estimate of drug-likeness (QED) is 0.599. The van der Waals surface area contributed by atoms with Gasteiger partial charge in [0.15, 0.2) is 0 Å². The number of morpholine rings is 1. The van der Waals surface area contributed by atoms with Crippen molar-refractivity contribution in [3.05, 3.63) is 70.1 Å². The van der Waals surface area contributed by atoms with Crippen molar-refractivity contribution >= 4 is 21.8 Å². The summed E-state index contributed by atoms with van der Waals surface area (Å²) < 4.78 is 7.00. The minimum atomic E-state index is -0.124. The summed E-state index contributed by atoms with van der Waals surface area (Å²) in [4.78, 5) is 18.9. The molecule has 0 bridgehead atoms. The molecule has 3 heterocycles. The van der Waals surface area contributed by atoms with Crippen LogP contribution in [0.3, 0.4) is 0 Å². The fourth-order valence-corrected chi connectivity index (χ4v) is 3.87. The summed E-state index contributed by atoms with van der Waals surface area (Å²) in [6, 6.07) is 15.9. The molecule has 2 aromatic heterocycles. The topological polar surface area (TPSA) is 63.1 Å². The molecule has 6 nitrogen and oxygen atoms in total. The Kier molecular flexibility index (Phi) is 4.22. The second-order valence-electron chi connectivity index (χ2n) is 7.31. The zero-order valence-corrected chi connectivity index (χ0v) is 15.8. The van der Waals surface area contributed by atoms with Crippen LogP contribution in [0.15, 0.2) is 53.3 Å². The van der Waals surface area contributed by atoms with Gasteiger partial charge in [0.25, 0.3) is 5.56 Å². The third-order valence-electron chi connectivity index (χ3n) is 5.38. The lowest BCUT2D eigenvalue weighted by Gasteiger charge is -2.26. The van der Waals surface area contributed by atoms with Gasteiger partial charge < -0.3 is 9.72 Å². The van der Waals surface area contributed by atoms with Gasteiger partial charge >= 0.3 is 0 Å². The van der Waals surface area contributed by atoms with E-state index in [0.29, 0.717) is 12.1 Å². The fourth-order valence-electron chi connectivity index (χ4n) is 3.87. The maximum Gasteiger partial charge on any atom is 0.295 e. The van der Waals surface area contributed by atoms with Gasteiger partial charge in [-0.3, -0.25) is 9.69 Å². The van der Waals surface area contributed by atoms with E-state index in [1.165, 1.54) is 4.68 Å². The molecule has 6 heteroatoms. The van der Waals surface area contributed by atoms with Crippen LogP contribution in [0.4, 0.5) is 0 Å². The third kappa shape index (κ3) is 2.91. The zero-order valence-electron chi connectivity index (χ0n) is 15.8. The first kappa shape index (κ1) is 17.2. The monoisotopic (exact) mass is 374 g/mol. The number of benzene rings is 2. The van der Waals surface area contributed by atoms with Crippen LogP contribution in [0.25, 0.3) is 27.5 Å². The van der Waals surface area contributed by atoms with Crippen molar-refractivity contribution in [1.82, 2.24) is 19.7 Å². The summed E-state index contributed by atoms with van der Waals surface area (Å²) in [5, 5.41) is 6.79. The summed E-state index contributed by atoms with van der Waals surface area (Å²) in [6.07, 6.45) is 0. The summed E-state index contributed by atoms with van der Waals surface area (Å²) in [7, 11) is 0. The Morgan fingerprint density at radius 1 is 1.07 bits per heavy atom.